The quantitative estimate of drug-likeness (QED) is 0.768. The van der Waals surface area contributed by atoms with E-state index in [2.05, 4.69) is 15.4 Å². The van der Waals surface area contributed by atoms with Crippen LogP contribution in [0, 0.1) is 5.92 Å². The Balaban J connectivity index is 1.51. The minimum atomic E-state index is 0.0172. The van der Waals surface area contributed by atoms with Gasteiger partial charge in [-0.1, -0.05) is 0 Å². The van der Waals surface area contributed by atoms with Crippen LogP contribution in [-0.4, -0.2) is 38.9 Å². The van der Waals surface area contributed by atoms with Gasteiger partial charge in [0.15, 0.2) is 0 Å². The topological polar surface area (TPSA) is 81.9 Å². The molecule has 0 atom stereocenters. The molecule has 1 fully saturated rings. The van der Waals surface area contributed by atoms with E-state index < -0.39 is 0 Å². The van der Waals surface area contributed by atoms with Crippen molar-refractivity contribution in [3.63, 3.8) is 0 Å². The summed E-state index contributed by atoms with van der Waals surface area (Å²) in [5, 5.41) is 8.08. The Kier molecular flexibility index (Phi) is 4.85. The van der Waals surface area contributed by atoms with Crippen LogP contribution in [0.2, 0.25) is 0 Å². The molecule has 140 valence electrons. The highest BCUT2D eigenvalue weighted by Gasteiger charge is 2.26. The number of aromatic nitrogens is 4. The number of pyridine rings is 2. The summed E-state index contributed by atoms with van der Waals surface area (Å²) in [6.07, 6.45) is 9.28. The second-order valence-electron chi connectivity index (χ2n) is 7.06. The zero-order valence-corrected chi connectivity index (χ0v) is 15.6. The Morgan fingerprint density at radius 3 is 2.74 bits per heavy atom. The molecular formula is C20H23N5O2. The maximum absolute atomic E-state index is 12.6. The Bertz CT molecular complexity index is 960. The molecule has 0 radical (unpaired) electrons. The largest absolute Gasteiger partial charge is 0.381 e. The minimum Gasteiger partial charge on any atom is -0.381 e. The Morgan fingerprint density at radius 2 is 2.04 bits per heavy atom. The van der Waals surface area contributed by atoms with Crippen molar-refractivity contribution in [3.8, 4) is 11.3 Å². The van der Waals surface area contributed by atoms with E-state index >= 15 is 0 Å². The average Bonchev–Trinajstić information content (AvgIpc) is 3.14. The first-order valence-corrected chi connectivity index (χ1v) is 9.22. The molecule has 1 aliphatic rings. The minimum absolute atomic E-state index is 0.0172. The first-order chi connectivity index (χ1) is 13.1. The fraction of sp³-hybridized carbons (Fsp3) is 0.400. The number of rotatable bonds is 4. The summed E-state index contributed by atoms with van der Waals surface area (Å²) in [6, 6.07) is 5.76. The van der Waals surface area contributed by atoms with Crippen molar-refractivity contribution >= 4 is 22.6 Å². The summed E-state index contributed by atoms with van der Waals surface area (Å²) in [5.41, 5.74) is 2.60. The number of carbonyl (C=O) groups excluding carboxylic acids is 1. The average molecular weight is 365 g/mol. The van der Waals surface area contributed by atoms with E-state index in [0.717, 1.165) is 47.8 Å². The summed E-state index contributed by atoms with van der Waals surface area (Å²) in [5.74, 6) is 0.584. The van der Waals surface area contributed by atoms with Gasteiger partial charge in [0.1, 0.15) is 5.82 Å². The molecule has 1 amide bonds. The summed E-state index contributed by atoms with van der Waals surface area (Å²) >= 11 is 0. The Morgan fingerprint density at radius 1 is 1.22 bits per heavy atom. The number of hydrogen-bond donors (Lipinski definition) is 1. The smallest absolute Gasteiger partial charge is 0.228 e. The van der Waals surface area contributed by atoms with Crippen molar-refractivity contribution in [3.05, 3.63) is 36.8 Å². The van der Waals surface area contributed by atoms with E-state index in [1.54, 1.807) is 24.2 Å². The zero-order chi connectivity index (χ0) is 18.8. The van der Waals surface area contributed by atoms with Crippen LogP contribution < -0.4 is 5.32 Å². The van der Waals surface area contributed by atoms with Crippen LogP contribution in [0.5, 0.6) is 0 Å². The predicted molar refractivity (Wildman–Crippen MR) is 103 cm³/mol. The molecule has 3 aromatic rings. The lowest BCUT2D eigenvalue weighted by Gasteiger charge is -2.26. The monoisotopic (exact) mass is 365 g/mol. The summed E-state index contributed by atoms with van der Waals surface area (Å²) < 4.78 is 7.12. The van der Waals surface area contributed by atoms with Crippen LogP contribution >= 0.6 is 0 Å². The fourth-order valence-corrected chi connectivity index (χ4v) is 3.59. The molecule has 0 unspecified atom stereocenters. The van der Waals surface area contributed by atoms with Crippen molar-refractivity contribution in [2.75, 3.05) is 12.4 Å². The number of ether oxygens (including phenoxy) is 1. The van der Waals surface area contributed by atoms with Crippen molar-refractivity contribution in [2.24, 2.45) is 13.0 Å². The lowest BCUT2D eigenvalue weighted by atomic mass is 9.87. The van der Waals surface area contributed by atoms with Crippen LogP contribution in [0.1, 0.15) is 25.7 Å². The number of nitrogens with zero attached hydrogens (tertiary/aromatic N) is 4. The molecule has 7 nitrogen and oxygen atoms in total. The second kappa shape index (κ2) is 7.44. The van der Waals surface area contributed by atoms with Gasteiger partial charge in [0, 0.05) is 49.5 Å². The van der Waals surface area contributed by atoms with Crippen LogP contribution in [0.4, 0.5) is 5.82 Å². The normalized spacial score (nSPS) is 19.9. The molecule has 0 aromatic carbocycles. The second-order valence-corrected chi connectivity index (χ2v) is 7.06. The van der Waals surface area contributed by atoms with Gasteiger partial charge in [-0.15, -0.1) is 0 Å². The molecule has 3 aromatic heterocycles. The first kappa shape index (κ1) is 17.6. The molecule has 0 spiro atoms. The highest BCUT2D eigenvalue weighted by Crippen LogP contribution is 2.27. The van der Waals surface area contributed by atoms with Crippen LogP contribution in [-0.2, 0) is 16.6 Å². The van der Waals surface area contributed by atoms with Crippen molar-refractivity contribution in [1.82, 2.24) is 19.7 Å². The lowest BCUT2D eigenvalue weighted by molar-refractivity contribution is -0.121. The number of anilines is 1. The highest BCUT2D eigenvalue weighted by atomic mass is 16.5. The van der Waals surface area contributed by atoms with Crippen molar-refractivity contribution < 1.29 is 9.53 Å². The van der Waals surface area contributed by atoms with Gasteiger partial charge in [-0.3, -0.25) is 9.48 Å². The third kappa shape index (κ3) is 3.83. The van der Waals surface area contributed by atoms with E-state index in [-0.39, 0.29) is 17.9 Å². The molecule has 1 saturated carbocycles. The van der Waals surface area contributed by atoms with E-state index in [1.165, 1.54) is 0 Å². The molecule has 1 aliphatic carbocycles. The Hall–Kier alpha value is -2.80. The number of aryl methyl sites for hydroxylation is 1. The number of amides is 1. The zero-order valence-electron chi connectivity index (χ0n) is 15.6. The van der Waals surface area contributed by atoms with Gasteiger partial charge < -0.3 is 10.1 Å². The number of nitrogens with one attached hydrogen (secondary N) is 1. The lowest BCUT2D eigenvalue weighted by Crippen LogP contribution is -2.29. The van der Waals surface area contributed by atoms with Crippen LogP contribution in [0.15, 0.2) is 36.8 Å². The van der Waals surface area contributed by atoms with Gasteiger partial charge >= 0.3 is 0 Å². The molecular weight excluding hydrogens is 342 g/mol. The number of fused-ring (bicyclic) bond motifs is 1. The molecule has 4 rings (SSSR count). The van der Waals surface area contributed by atoms with Gasteiger partial charge in [-0.25, -0.2) is 9.97 Å². The SMILES string of the molecule is CO[C@H]1CC[C@H](C(=O)Nc2cc3nc(-c4cnn(C)c4)ccc3cn2)CC1. The third-order valence-corrected chi connectivity index (χ3v) is 5.20. The van der Waals surface area contributed by atoms with E-state index in [0.29, 0.717) is 5.82 Å². The first-order valence-electron chi connectivity index (χ1n) is 9.22. The molecule has 0 aliphatic heterocycles. The van der Waals surface area contributed by atoms with Crippen LogP contribution in [0.25, 0.3) is 22.2 Å². The standard InChI is InChI=1S/C20H23N5O2/c1-25-12-15(11-22-25)17-8-5-14-10-21-19(9-18(14)23-17)24-20(26)13-3-6-16(27-2)7-4-13/h5,8-13,16H,3-4,6-7H2,1-2H3,(H,21,24,26)/t13-,16-. The van der Waals surface area contributed by atoms with Gasteiger partial charge in [0.05, 0.1) is 23.5 Å². The van der Waals surface area contributed by atoms with Gasteiger partial charge in [-0.2, -0.15) is 5.10 Å². The number of methoxy groups -OCH3 is 1. The predicted octanol–water partition coefficient (Wildman–Crippen LogP) is 3.17. The number of carbonyl (C=O) groups is 1. The highest BCUT2D eigenvalue weighted by molar-refractivity contribution is 5.93. The van der Waals surface area contributed by atoms with E-state index in [4.69, 9.17) is 9.72 Å². The van der Waals surface area contributed by atoms with Gasteiger partial charge in [0.25, 0.3) is 0 Å². The Labute approximate surface area is 157 Å². The van der Waals surface area contributed by atoms with E-state index in [9.17, 15) is 4.79 Å². The summed E-state index contributed by atoms with van der Waals surface area (Å²) in [4.78, 5) is 21.6. The van der Waals surface area contributed by atoms with Crippen LogP contribution in [0.3, 0.4) is 0 Å². The van der Waals surface area contributed by atoms with E-state index in [1.807, 2.05) is 31.4 Å². The number of hydrogen-bond acceptors (Lipinski definition) is 5. The third-order valence-electron chi connectivity index (χ3n) is 5.20. The van der Waals surface area contributed by atoms with Gasteiger partial charge in [-0.05, 0) is 37.8 Å². The summed E-state index contributed by atoms with van der Waals surface area (Å²) in [6.45, 7) is 0. The van der Waals surface area contributed by atoms with Crippen molar-refractivity contribution in [1.29, 1.82) is 0 Å². The van der Waals surface area contributed by atoms with Crippen molar-refractivity contribution in [2.45, 2.75) is 31.8 Å². The van der Waals surface area contributed by atoms with Gasteiger partial charge in [0.2, 0.25) is 5.91 Å². The molecule has 27 heavy (non-hydrogen) atoms. The summed E-state index contributed by atoms with van der Waals surface area (Å²) in [7, 11) is 3.61. The fourth-order valence-electron chi connectivity index (χ4n) is 3.59. The maximum atomic E-state index is 12.6. The molecule has 7 heteroatoms. The molecule has 0 saturated heterocycles. The molecule has 3 heterocycles. The molecule has 1 N–H and O–H groups in total. The maximum Gasteiger partial charge on any atom is 0.228 e. The molecule has 0 bridgehead atoms.